The summed E-state index contributed by atoms with van der Waals surface area (Å²) in [6, 6.07) is 0. The molecule has 2 aliphatic heterocycles. The average Bonchev–Trinajstić information content (AvgIpc) is 2.36. The highest BCUT2D eigenvalue weighted by Crippen LogP contribution is 2.40. The molecule has 0 amide bonds. The minimum atomic E-state index is -0.319. The van der Waals surface area contributed by atoms with Crippen LogP contribution in [-0.4, -0.2) is 25.3 Å². The van der Waals surface area contributed by atoms with Crippen molar-refractivity contribution in [3.63, 3.8) is 0 Å². The molecular weight excluding hydrogens is 132 g/mol. The number of fused-ring (bicyclic) bond motifs is 1. The smallest absolute Gasteiger partial charge is 0.314 e. The molecule has 0 aliphatic carbocycles. The SMILES string of the molecule is C[C@@]12CCO[C@@H]1COC2=O. The zero-order valence-electron chi connectivity index (χ0n) is 5.92. The molecule has 2 rings (SSSR count). The normalized spacial score (nSPS) is 45.3. The van der Waals surface area contributed by atoms with Crippen LogP contribution < -0.4 is 0 Å². The monoisotopic (exact) mass is 142 g/mol. The summed E-state index contributed by atoms with van der Waals surface area (Å²) in [5.41, 5.74) is -0.319. The molecule has 2 heterocycles. The molecule has 2 saturated heterocycles. The Morgan fingerprint density at radius 1 is 1.70 bits per heavy atom. The summed E-state index contributed by atoms with van der Waals surface area (Å²) < 4.78 is 10.2. The van der Waals surface area contributed by atoms with Gasteiger partial charge in [-0.3, -0.25) is 4.79 Å². The minimum absolute atomic E-state index is 0.0278. The molecule has 0 saturated carbocycles. The van der Waals surface area contributed by atoms with E-state index in [-0.39, 0.29) is 17.5 Å². The zero-order valence-corrected chi connectivity index (χ0v) is 5.92. The van der Waals surface area contributed by atoms with Crippen LogP contribution in [0.2, 0.25) is 0 Å². The second kappa shape index (κ2) is 1.72. The molecule has 2 fully saturated rings. The van der Waals surface area contributed by atoms with Crippen LogP contribution in [0, 0.1) is 5.41 Å². The zero-order chi connectivity index (χ0) is 7.19. The molecular formula is C7H10O3. The van der Waals surface area contributed by atoms with Gasteiger partial charge in [0.25, 0.3) is 0 Å². The van der Waals surface area contributed by atoms with Crippen molar-refractivity contribution < 1.29 is 14.3 Å². The van der Waals surface area contributed by atoms with Crippen molar-refractivity contribution in [2.75, 3.05) is 13.2 Å². The molecule has 0 spiro atoms. The lowest BCUT2D eigenvalue weighted by Gasteiger charge is -2.14. The van der Waals surface area contributed by atoms with Crippen LogP contribution >= 0.6 is 0 Å². The van der Waals surface area contributed by atoms with E-state index < -0.39 is 0 Å². The van der Waals surface area contributed by atoms with Crippen molar-refractivity contribution in [1.29, 1.82) is 0 Å². The summed E-state index contributed by atoms with van der Waals surface area (Å²) in [5, 5.41) is 0. The van der Waals surface area contributed by atoms with Gasteiger partial charge in [0, 0.05) is 6.61 Å². The molecule has 3 heteroatoms. The lowest BCUT2D eigenvalue weighted by atomic mass is 9.86. The Morgan fingerprint density at radius 3 is 3.20 bits per heavy atom. The van der Waals surface area contributed by atoms with Crippen molar-refractivity contribution in [3.05, 3.63) is 0 Å². The van der Waals surface area contributed by atoms with Gasteiger partial charge in [-0.05, 0) is 13.3 Å². The second-order valence-corrected chi connectivity index (χ2v) is 3.13. The van der Waals surface area contributed by atoms with Crippen LogP contribution in [0.5, 0.6) is 0 Å². The Morgan fingerprint density at radius 2 is 2.50 bits per heavy atom. The quantitative estimate of drug-likeness (QED) is 0.457. The topological polar surface area (TPSA) is 35.5 Å². The fourth-order valence-corrected chi connectivity index (χ4v) is 1.54. The Kier molecular flexibility index (Phi) is 1.06. The van der Waals surface area contributed by atoms with E-state index >= 15 is 0 Å². The highest BCUT2D eigenvalue weighted by molar-refractivity contribution is 5.79. The van der Waals surface area contributed by atoms with E-state index in [0.29, 0.717) is 13.2 Å². The highest BCUT2D eigenvalue weighted by atomic mass is 16.6. The maximum absolute atomic E-state index is 11.1. The van der Waals surface area contributed by atoms with E-state index in [1.807, 2.05) is 6.92 Å². The van der Waals surface area contributed by atoms with Crippen LogP contribution in [-0.2, 0) is 14.3 Å². The fourth-order valence-electron chi connectivity index (χ4n) is 1.54. The molecule has 56 valence electrons. The third-order valence-electron chi connectivity index (χ3n) is 2.48. The molecule has 0 radical (unpaired) electrons. The molecule has 0 bridgehead atoms. The van der Waals surface area contributed by atoms with E-state index in [1.165, 1.54) is 0 Å². The summed E-state index contributed by atoms with van der Waals surface area (Å²) in [6.45, 7) is 3.08. The molecule has 0 aromatic rings. The van der Waals surface area contributed by atoms with Crippen molar-refractivity contribution >= 4 is 5.97 Å². The molecule has 3 nitrogen and oxygen atoms in total. The summed E-state index contributed by atoms with van der Waals surface area (Å²) in [5.74, 6) is -0.0880. The number of carbonyl (C=O) groups is 1. The van der Waals surface area contributed by atoms with Crippen LogP contribution in [0.1, 0.15) is 13.3 Å². The van der Waals surface area contributed by atoms with Gasteiger partial charge in [0.15, 0.2) is 0 Å². The Balaban J connectivity index is 2.30. The van der Waals surface area contributed by atoms with Gasteiger partial charge < -0.3 is 9.47 Å². The number of hydrogen-bond acceptors (Lipinski definition) is 3. The van der Waals surface area contributed by atoms with Gasteiger partial charge in [-0.25, -0.2) is 0 Å². The molecule has 0 aromatic heterocycles. The first-order valence-electron chi connectivity index (χ1n) is 3.52. The van der Waals surface area contributed by atoms with Gasteiger partial charge in [-0.1, -0.05) is 0 Å². The molecule has 2 atom stereocenters. The largest absolute Gasteiger partial charge is 0.462 e. The predicted molar refractivity (Wildman–Crippen MR) is 33.4 cm³/mol. The van der Waals surface area contributed by atoms with Gasteiger partial charge in [0.1, 0.15) is 12.7 Å². The van der Waals surface area contributed by atoms with Gasteiger partial charge >= 0.3 is 5.97 Å². The number of esters is 1. The first-order valence-corrected chi connectivity index (χ1v) is 3.52. The van der Waals surface area contributed by atoms with Crippen molar-refractivity contribution in [2.24, 2.45) is 5.41 Å². The van der Waals surface area contributed by atoms with E-state index in [4.69, 9.17) is 9.47 Å². The summed E-state index contributed by atoms with van der Waals surface area (Å²) >= 11 is 0. The molecule has 0 N–H and O–H groups in total. The average molecular weight is 142 g/mol. The molecule has 10 heavy (non-hydrogen) atoms. The first-order chi connectivity index (χ1) is 4.73. The van der Waals surface area contributed by atoms with Gasteiger partial charge in [-0.2, -0.15) is 0 Å². The van der Waals surface area contributed by atoms with Crippen molar-refractivity contribution in [1.82, 2.24) is 0 Å². The Labute approximate surface area is 59.3 Å². The summed E-state index contributed by atoms with van der Waals surface area (Å²) in [7, 11) is 0. The lowest BCUT2D eigenvalue weighted by Crippen LogP contribution is -2.28. The lowest BCUT2D eigenvalue weighted by molar-refractivity contribution is -0.145. The number of ether oxygens (including phenoxy) is 2. The maximum atomic E-state index is 11.1. The van der Waals surface area contributed by atoms with Crippen molar-refractivity contribution in [2.45, 2.75) is 19.4 Å². The number of carbonyl (C=O) groups excluding carboxylic acids is 1. The second-order valence-electron chi connectivity index (χ2n) is 3.13. The van der Waals surface area contributed by atoms with Gasteiger partial charge in [0.2, 0.25) is 0 Å². The molecule has 0 unspecified atom stereocenters. The standard InChI is InChI=1S/C7H10O3/c1-7-2-3-9-5(7)4-10-6(7)8/h5H,2-4H2,1H3/t5-,7-/m1/s1. The van der Waals surface area contributed by atoms with Crippen LogP contribution in [0.25, 0.3) is 0 Å². The van der Waals surface area contributed by atoms with Gasteiger partial charge in [0.05, 0.1) is 5.41 Å². The summed E-state index contributed by atoms with van der Waals surface area (Å²) in [4.78, 5) is 11.1. The van der Waals surface area contributed by atoms with E-state index in [0.717, 1.165) is 6.42 Å². The number of hydrogen-bond donors (Lipinski definition) is 0. The van der Waals surface area contributed by atoms with E-state index in [9.17, 15) is 4.79 Å². The third kappa shape index (κ3) is 0.560. The fraction of sp³-hybridized carbons (Fsp3) is 0.857. The predicted octanol–water partition coefficient (Wildman–Crippen LogP) is 0.338. The number of cyclic esters (lactones) is 1. The van der Waals surface area contributed by atoms with E-state index in [1.54, 1.807) is 0 Å². The van der Waals surface area contributed by atoms with Gasteiger partial charge in [-0.15, -0.1) is 0 Å². The molecule has 0 aromatic carbocycles. The van der Waals surface area contributed by atoms with Crippen LogP contribution in [0.3, 0.4) is 0 Å². The maximum Gasteiger partial charge on any atom is 0.314 e. The van der Waals surface area contributed by atoms with Crippen molar-refractivity contribution in [3.8, 4) is 0 Å². The van der Waals surface area contributed by atoms with E-state index in [2.05, 4.69) is 0 Å². The van der Waals surface area contributed by atoms with Crippen LogP contribution in [0.15, 0.2) is 0 Å². The summed E-state index contributed by atoms with van der Waals surface area (Å²) in [6.07, 6.45) is 0.844. The third-order valence-corrected chi connectivity index (χ3v) is 2.48. The highest BCUT2D eigenvalue weighted by Gasteiger charge is 2.52. The van der Waals surface area contributed by atoms with Crippen LogP contribution in [0.4, 0.5) is 0 Å². The minimum Gasteiger partial charge on any atom is -0.462 e. The number of rotatable bonds is 0. The Bertz CT molecular complexity index is 178. The Hall–Kier alpha value is -0.570. The first kappa shape index (κ1) is 6.16. The molecule has 2 aliphatic rings.